The van der Waals surface area contributed by atoms with E-state index in [0.29, 0.717) is 0 Å². The molecule has 4 heteroatoms. The van der Waals surface area contributed by atoms with Crippen molar-refractivity contribution in [1.29, 1.82) is 0 Å². The largest absolute Gasteiger partial charge is 0 e. The molecule has 0 nitrogen and oxygen atoms in total. The summed E-state index contributed by atoms with van der Waals surface area (Å²) < 4.78 is 0. The van der Waals surface area contributed by atoms with Crippen LogP contribution in [0.15, 0.2) is 0 Å². The summed E-state index contributed by atoms with van der Waals surface area (Å²) in [6.45, 7) is 0. The average molecular weight is 359 g/mol. The summed E-state index contributed by atoms with van der Waals surface area (Å²) in [5.41, 5.74) is 0. The van der Waals surface area contributed by atoms with Crippen molar-refractivity contribution in [2.75, 3.05) is 0 Å². The van der Waals surface area contributed by atoms with Crippen LogP contribution in [0.25, 0.3) is 0 Å². The Balaban J connectivity index is 0. The molecule has 0 aliphatic rings. The summed E-state index contributed by atoms with van der Waals surface area (Å²) in [5.74, 6) is 0. The van der Waals surface area contributed by atoms with Crippen LogP contribution < -0.4 is 0 Å². The zero-order valence-corrected chi connectivity index (χ0v) is 10.4. The van der Waals surface area contributed by atoms with Gasteiger partial charge in [0.2, 0.25) is 0 Å². The van der Waals surface area contributed by atoms with E-state index in [0.717, 1.165) is 0 Å². The smallest absolute Gasteiger partial charge is 0 e. The maximum atomic E-state index is 0. The first-order valence-corrected chi connectivity index (χ1v) is 0. The second-order valence-corrected chi connectivity index (χ2v) is 0. The Bertz CT molecular complexity index is 8.00. The van der Waals surface area contributed by atoms with Crippen LogP contribution in [0.3, 0.4) is 0 Å². The van der Waals surface area contributed by atoms with Crippen LogP contribution in [0.1, 0.15) is 0 Å². The first kappa shape index (κ1) is 28.3. The molecule has 21 valence electrons. The molecule has 0 amide bonds. The fraction of sp³-hybridized carbons (Fsp3) is 0. The Morgan fingerprint density at radius 1 is 1.00 bits per heavy atom. The van der Waals surface area contributed by atoms with Gasteiger partial charge in [0.25, 0.3) is 0 Å². The zero-order valence-electron chi connectivity index (χ0n) is 1.80. The van der Waals surface area contributed by atoms with E-state index in [-0.39, 0.29) is 89.6 Å². The molecule has 4 heavy (non-hydrogen) atoms. The number of hydrogen-bond donors (Lipinski definition) is 0. The normalized spacial score (nSPS) is 0. The molecular formula is FeNbSnZr. The third-order valence-corrected chi connectivity index (χ3v) is 0. The van der Waals surface area contributed by atoms with Crippen molar-refractivity contribution in [3.8, 4) is 0 Å². The van der Waals surface area contributed by atoms with Gasteiger partial charge in [-0.2, -0.15) is 0 Å². The third kappa shape index (κ3) is 8.87. The zero-order chi connectivity index (χ0) is 0. The van der Waals surface area contributed by atoms with Gasteiger partial charge < -0.3 is 0 Å². The van der Waals surface area contributed by atoms with Crippen LogP contribution in [0, 0.1) is 0 Å². The molecule has 0 heterocycles. The summed E-state index contributed by atoms with van der Waals surface area (Å²) in [5, 5.41) is 0. The molecular weight excluding hydrogens is 359 g/mol. The van der Waals surface area contributed by atoms with Crippen LogP contribution in [-0.4, -0.2) is 23.9 Å². The SMILES string of the molecule is [Fe].[Nb].[Sn].[Zr]. The van der Waals surface area contributed by atoms with E-state index in [1.165, 1.54) is 0 Å². The standard InChI is InChI=1S/Fe.Nb.Sn.Zr. The molecule has 0 saturated carbocycles. The van der Waals surface area contributed by atoms with Crippen molar-refractivity contribution in [1.82, 2.24) is 0 Å². The fourth-order valence-electron chi connectivity index (χ4n) is 0. The van der Waals surface area contributed by atoms with Crippen molar-refractivity contribution in [2.24, 2.45) is 0 Å². The molecule has 0 atom stereocenters. The van der Waals surface area contributed by atoms with Gasteiger partial charge in [0.1, 0.15) is 0 Å². The van der Waals surface area contributed by atoms with Crippen molar-refractivity contribution in [2.45, 2.75) is 0 Å². The molecule has 0 aromatic carbocycles. The maximum absolute atomic E-state index is 0. The average Bonchev–Trinajstić information content (AvgIpc) is 0. The molecule has 0 unspecified atom stereocenters. The predicted octanol–water partition coefficient (Wildman–Crippen LogP) is -0.388. The topological polar surface area (TPSA) is 0 Å². The van der Waals surface area contributed by atoms with E-state index in [9.17, 15) is 0 Å². The van der Waals surface area contributed by atoms with Crippen molar-refractivity contribution < 1.29 is 65.7 Å². The van der Waals surface area contributed by atoms with E-state index in [1.807, 2.05) is 0 Å². The minimum atomic E-state index is 0. The van der Waals surface area contributed by atoms with Gasteiger partial charge in [0, 0.05) is 89.6 Å². The van der Waals surface area contributed by atoms with E-state index < -0.39 is 0 Å². The monoisotopic (exact) mass is 359 g/mol. The molecule has 0 spiro atoms. The number of rotatable bonds is 0. The predicted molar refractivity (Wildman–Crippen MR) is 5.75 cm³/mol. The number of hydrogen-bond acceptors (Lipinski definition) is 0. The van der Waals surface area contributed by atoms with Crippen molar-refractivity contribution in [3.63, 3.8) is 0 Å². The van der Waals surface area contributed by atoms with Gasteiger partial charge in [-0.25, -0.2) is 0 Å². The van der Waals surface area contributed by atoms with Gasteiger partial charge in [-0.15, -0.1) is 0 Å². The molecule has 0 aromatic heterocycles. The molecule has 0 fully saturated rings. The van der Waals surface area contributed by atoms with Gasteiger partial charge in [0.05, 0.1) is 0 Å². The molecule has 5 radical (unpaired) electrons. The summed E-state index contributed by atoms with van der Waals surface area (Å²) in [6.07, 6.45) is 0. The van der Waals surface area contributed by atoms with Crippen LogP contribution in [-0.2, 0) is 65.7 Å². The van der Waals surface area contributed by atoms with Crippen LogP contribution in [0.2, 0.25) is 0 Å². The molecule has 0 aromatic rings. The van der Waals surface area contributed by atoms with Gasteiger partial charge in [-0.1, -0.05) is 0 Å². The second kappa shape index (κ2) is 16.8. The van der Waals surface area contributed by atoms with Gasteiger partial charge in [-0.05, 0) is 0 Å². The molecule has 0 aliphatic heterocycles. The van der Waals surface area contributed by atoms with Crippen LogP contribution in [0.5, 0.6) is 0 Å². The van der Waals surface area contributed by atoms with E-state index in [2.05, 4.69) is 0 Å². The van der Waals surface area contributed by atoms with Gasteiger partial charge >= 0.3 is 0 Å². The molecule has 0 N–H and O–H groups in total. The first-order valence-electron chi connectivity index (χ1n) is 0. The fourth-order valence-corrected chi connectivity index (χ4v) is 0. The van der Waals surface area contributed by atoms with E-state index in [1.54, 1.807) is 0 Å². The van der Waals surface area contributed by atoms with Crippen molar-refractivity contribution >= 4 is 23.9 Å². The quantitative estimate of drug-likeness (QED) is 0.518. The van der Waals surface area contributed by atoms with Crippen LogP contribution in [0.4, 0.5) is 0 Å². The summed E-state index contributed by atoms with van der Waals surface area (Å²) in [7, 11) is 0. The van der Waals surface area contributed by atoms with E-state index in [4.69, 9.17) is 0 Å². The molecule has 0 bridgehead atoms. The molecule has 0 saturated heterocycles. The Morgan fingerprint density at radius 3 is 1.00 bits per heavy atom. The maximum Gasteiger partial charge on any atom is 0 e. The van der Waals surface area contributed by atoms with Crippen molar-refractivity contribution in [3.05, 3.63) is 0 Å². The van der Waals surface area contributed by atoms with Gasteiger partial charge in [-0.3, -0.25) is 0 Å². The second-order valence-electron chi connectivity index (χ2n) is 0. The van der Waals surface area contributed by atoms with Gasteiger partial charge in [0.15, 0.2) is 0 Å². The molecule has 0 aliphatic carbocycles. The Labute approximate surface area is 87.9 Å². The summed E-state index contributed by atoms with van der Waals surface area (Å²) in [6, 6.07) is 0. The third-order valence-electron chi connectivity index (χ3n) is 0. The Kier molecular flexibility index (Phi) is 119. The molecule has 0 rings (SSSR count). The first-order chi connectivity index (χ1) is 0. The minimum Gasteiger partial charge on any atom is 0 e. The summed E-state index contributed by atoms with van der Waals surface area (Å²) in [4.78, 5) is 0. The van der Waals surface area contributed by atoms with E-state index >= 15 is 0 Å². The Hall–Kier alpha value is 2.94. The minimum absolute atomic E-state index is 0. The van der Waals surface area contributed by atoms with Crippen LogP contribution >= 0.6 is 0 Å². The summed E-state index contributed by atoms with van der Waals surface area (Å²) >= 11 is 0. The Morgan fingerprint density at radius 2 is 1.00 bits per heavy atom.